The van der Waals surface area contributed by atoms with E-state index in [0.29, 0.717) is 11.5 Å². The van der Waals surface area contributed by atoms with Crippen molar-refractivity contribution in [2.45, 2.75) is 12.8 Å². The van der Waals surface area contributed by atoms with E-state index in [9.17, 15) is 19.2 Å². The Morgan fingerprint density at radius 1 is 1.43 bits per heavy atom. The summed E-state index contributed by atoms with van der Waals surface area (Å²) in [5.41, 5.74) is 0. The average Bonchev–Trinajstić information content (AvgIpc) is 2.46. The zero-order valence-electron chi connectivity index (χ0n) is 7.19. The van der Waals surface area contributed by atoms with E-state index in [1.807, 2.05) is 5.32 Å². The van der Waals surface area contributed by atoms with Gasteiger partial charge >= 0.3 is 5.97 Å². The molecule has 0 radical (unpaired) electrons. The molecule has 7 heteroatoms. The van der Waals surface area contributed by atoms with Gasteiger partial charge in [0.1, 0.15) is 6.54 Å². The molecule has 1 rings (SSSR count). The lowest BCUT2D eigenvalue weighted by molar-refractivity contribution is -0.196. The molecule has 0 bridgehead atoms. The predicted octanol–water partition coefficient (Wildman–Crippen LogP) is -1.66. The van der Waals surface area contributed by atoms with Gasteiger partial charge in [0.05, 0.1) is 0 Å². The minimum Gasteiger partial charge on any atom is -0.348 e. The van der Waals surface area contributed by atoms with Crippen LogP contribution in [0, 0.1) is 0 Å². The standard InChI is InChI=1S/C7H8N2O5/c10-4-8-3-7(13)14-9-5(11)1-2-6(9)12/h4H,1-3H2,(H,8,10). The molecule has 1 aliphatic rings. The molecule has 0 aromatic rings. The summed E-state index contributed by atoms with van der Waals surface area (Å²) in [6, 6.07) is 0. The number of carbonyl (C=O) groups is 4. The van der Waals surface area contributed by atoms with E-state index in [1.165, 1.54) is 0 Å². The maximum atomic E-state index is 10.9. The predicted molar refractivity (Wildman–Crippen MR) is 41.2 cm³/mol. The van der Waals surface area contributed by atoms with E-state index in [0.717, 1.165) is 0 Å². The third-order valence-corrected chi connectivity index (χ3v) is 1.53. The van der Waals surface area contributed by atoms with E-state index >= 15 is 0 Å². The van der Waals surface area contributed by atoms with E-state index in [1.54, 1.807) is 0 Å². The second-order valence-corrected chi connectivity index (χ2v) is 2.54. The molecule has 14 heavy (non-hydrogen) atoms. The van der Waals surface area contributed by atoms with Gasteiger partial charge in [-0.05, 0) is 0 Å². The van der Waals surface area contributed by atoms with Crippen LogP contribution in [0.2, 0.25) is 0 Å². The first-order valence-corrected chi connectivity index (χ1v) is 3.88. The Morgan fingerprint density at radius 3 is 2.50 bits per heavy atom. The van der Waals surface area contributed by atoms with Gasteiger partial charge in [-0.1, -0.05) is 0 Å². The lowest BCUT2D eigenvalue weighted by Gasteiger charge is -2.11. The van der Waals surface area contributed by atoms with Crippen molar-refractivity contribution < 1.29 is 24.0 Å². The number of imide groups is 1. The Balaban J connectivity index is 2.42. The first kappa shape index (κ1) is 10.2. The highest BCUT2D eigenvalue weighted by Gasteiger charge is 2.32. The Morgan fingerprint density at radius 2 is 2.00 bits per heavy atom. The van der Waals surface area contributed by atoms with Gasteiger partial charge in [0, 0.05) is 12.8 Å². The van der Waals surface area contributed by atoms with Gasteiger partial charge in [-0.3, -0.25) is 14.4 Å². The highest BCUT2D eigenvalue weighted by atomic mass is 16.7. The van der Waals surface area contributed by atoms with Crippen LogP contribution in [0.3, 0.4) is 0 Å². The highest BCUT2D eigenvalue weighted by Crippen LogP contribution is 2.11. The number of hydroxylamine groups is 2. The van der Waals surface area contributed by atoms with E-state index in [-0.39, 0.29) is 19.4 Å². The molecule has 0 aromatic carbocycles. The average molecular weight is 200 g/mol. The fourth-order valence-corrected chi connectivity index (χ4v) is 0.917. The van der Waals surface area contributed by atoms with Crippen molar-refractivity contribution >= 4 is 24.2 Å². The summed E-state index contributed by atoms with van der Waals surface area (Å²) in [6.07, 6.45) is 0.412. The van der Waals surface area contributed by atoms with Gasteiger partial charge < -0.3 is 10.2 Å². The summed E-state index contributed by atoms with van der Waals surface area (Å²) in [4.78, 5) is 46.9. The highest BCUT2D eigenvalue weighted by molar-refractivity contribution is 6.01. The number of nitrogens with one attached hydrogen (secondary N) is 1. The van der Waals surface area contributed by atoms with Gasteiger partial charge in [-0.15, -0.1) is 5.06 Å². The van der Waals surface area contributed by atoms with Crippen molar-refractivity contribution in [2.24, 2.45) is 0 Å². The maximum absolute atomic E-state index is 10.9. The van der Waals surface area contributed by atoms with Crippen LogP contribution in [-0.2, 0) is 24.0 Å². The second-order valence-electron chi connectivity index (χ2n) is 2.54. The third kappa shape index (κ3) is 2.28. The van der Waals surface area contributed by atoms with Crippen molar-refractivity contribution in [3.05, 3.63) is 0 Å². The number of nitrogens with zero attached hydrogens (tertiary/aromatic N) is 1. The summed E-state index contributed by atoms with van der Waals surface area (Å²) in [6.45, 7) is -0.374. The van der Waals surface area contributed by atoms with Crippen LogP contribution in [0.1, 0.15) is 12.8 Å². The largest absolute Gasteiger partial charge is 0.352 e. The van der Waals surface area contributed by atoms with Gasteiger partial charge in [-0.2, -0.15) is 0 Å². The van der Waals surface area contributed by atoms with Crippen LogP contribution < -0.4 is 5.32 Å². The summed E-state index contributed by atoms with van der Waals surface area (Å²) >= 11 is 0. The summed E-state index contributed by atoms with van der Waals surface area (Å²) in [5, 5.41) is 2.47. The summed E-state index contributed by atoms with van der Waals surface area (Å²) < 4.78 is 0. The minimum absolute atomic E-state index is 0.0488. The molecule has 3 amide bonds. The first-order chi connectivity index (χ1) is 6.65. The van der Waals surface area contributed by atoms with Crippen molar-refractivity contribution in [1.29, 1.82) is 0 Å². The molecule has 0 aliphatic carbocycles. The molecular formula is C7H8N2O5. The zero-order chi connectivity index (χ0) is 10.6. The molecule has 0 atom stereocenters. The fraction of sp³-hybridized carbons (Fsp3) is 0.429. The number of hydrogen-bond acceptors (Lipinski definition) is 5. The van der Waals surface area contributed by atoms with Crippen molar-refractivity contribution in [3.8, 4) is 0 Å². The van der Waals surface area contributed by atoms with Crippen molar-refractivity contribution in [3.63, 3.8) is 0 Å². The molecule has 0 saturated carbocycles. The van der Waals surface area contributed by atoms with Crippen molar-refractivity contribution in [1.82, 2.24) is 10.4 Å². The number of rotatable bonds is 4. The monoisotopic (exact) mass is 200 g/mol. The molecule has 0 aromatic heterocycles. The smallest absolute Gasteiger partial charge is 0.348 e. The molecule has 1 fully saturated rings. The lowest BCUT2D eigenvalue weighted by Crippen LogP contribution is -2.35. The molecule has 1 saturated heterocycles. The molecule has 0 unspecified atom stereocenters. The van der Waals surface area contributed by atoms with Crippen LogP contribution in [0.15, 0.2) is 0 Å². The van der Waals surface area contributed by atoms with E-state index in [4.69, 9.17) is 0 Å². The second kappa shape index (κ2) is 4.35. The Bertz CT molecular complexity index is 272. The minimum atomic E-state index is -0.860. The number of hydrogen-bond donors (Lipinski definition) is 1. The Hall–Kier alpha value is -1.92. The van der Waals surface area contributed by atoms with Crippen LogP contribution in [0.25, 0.3) is 0 Å². The van der Waals surface area contributed by atoms with E-state index in [2.05, 4.69) is 4.84 Å². The molecular weight excluding hydrogens is 192 g/mol. The maximum Gasteiger partial charge on any atom is 0.352 e. The third-order valence-electron chi connectivity index (χ3n) is 1.53. The Kier molecular flexibility index (Phi) is 3.16. The Labute approximate surface area is 78.9 Å². The lowest BCUT2D eigenvalue weighted by atomic mass is 10.4. The molecule has 0 spiro atoms. The number of amides is 3. The van der Waals surface area contributed by atoms with Gasteiger partial charge in [0.25, 0.3) is 11.8 Å². The fourth-order valence-electron chi connectivity index (χ4n) is 0.917. The van der Waals surface area contributed by atoms with Crippen LogP contribution >= 0.6 is 0 Å². The van der Waals surface area contributed by atoms with Crippen LogP contribution in [0.4, 0.5) is 0 Å². The molecule has 7 nitrogen and oxygen atoms in total. The van der Waals surface area contributed by atoms with Gasteiger partial charge in [0.15, 0.2) is 0 Å². The van der Waals surface area contributed by atoms with Gasteiger partial charge in [-0.25, -0.2) is 4.79 Å². The van der Waals surface area contributed by atoms with Crippen molar-refractivity contribution in [2.75, 3.05) is 6.54 Å². The SMILES string of the molecule is O=CNCC(=O)ON1C(=O)CCC1=O. The van der Waals surface area contributed by atoms with Crippen LogP contribution in [-0.4, -0.2) is 35.8 Å². The molecule has 1 N–H and O–H groups in total. The number of carbonyl (C=O) groups excluding carboxylic acids is 4. The van der Waals surface area contributed by atoms with Gasteiger partial charge in [0.2, 0.25) is 6.41 Å². The zero-order valence-corrected chi connectivity index (χ0v) is 7.19. The molecule has 76 valence electrons. The van der Waals surface area contributed by atoms with E-state index < -0.39 is 17.8 Å². The topological polar surface area (TPSA) is 92.8 Å². The van der Waals surface area contributed by atoms with Crippen LogP contribution in [0.5, 0.6) is 0 Å². The quantitative estimate of drug-likeness (QED) is 0.433. The summed E-state index contributed by atoms with van der Waals surface area (Å²) in [5.74, 6) is -1.95. The molecule has 1 aliphatic heterocycles. The normalized spacial score (nSPS) is 15.6. The molecule has 1 heterocycles. The first-order valence-electron chi connectivity index (χ1n) is 3.88. The summed E-state index contributed by atoms with van der Waals surface area (Å²) in [7, 11) is 0.